The van der Waals surface area contributed by atoms with Crippen LogP contribution in [-0.4, -0.2) is 25.1 Å². The van der Waals surface area contributed by atoms with Crippen molar-refractivity contribution in [1.82, 2.24) is 0 Å². The van der Waals surface area contributed by atoms with Crippen molar-refractivity contribution >= 4 is 27.6 Å². The normalized spacial score (nSPS) is 9.82. The van der Waals surface area contributed by atoms with Crippen molar-refractivity contribution in [3.8, 4) is 5.75 Å². The first kappa shape index (κ1) is 13.4. The highest BCUT2D eigenvalue weighted by atomic mass is 79.9. The van der Waals surface area contributed by atoms with Crippen molar-refractivity contribution in [1.29, 1.82) is 0 Å². The summed E-state index contributed by atoms with van der Waals surface area (Å²) >= 11 is 3.13. The Morgan fingerprint density at radius 2 is 2.12 bits per heavy atom. The Labute approximate surface area is 106 Å². The lowest BCUT2D eigenvalue weighted by Crippen LogP contribution is -2.08. The molecule has 0 aliphatic rings. The van der Waals surface area contributed by atoms with E-state index in [0.29, 0.717) is 11.3 Å². The van der Waals surface area contributed by atoms with E-state index in [1.165, 1.54) is 26.4 Å². The van der Waals surface area contributed by atoms with Crippen LogP contribution >= 0.6 is 15.9 Å². The summed E-state index contributed by atoms with van der Waals surface area (Å²) in [5.41, 5.74) is -0.0319. The van der Waals surface area contributed by atoms with Crippen LogP contribution in [0.5, 0.6) is 5.75 Å². The van der Waals surface area contributed by atoms with E-state index in [2.05, 4.69) is 20.7 Å². The molecular weight excluding hydrogens is 294 g/mol. The highest BCUT2D eigenvalue weighted by Gasteiger charge is 2.26. The Morgan fingerprint density at radius 1 is 1.47 bits per heavy atom. The number of rotatable bonds is 4. The summed E-state index contributed by atoms with van der Waals surface area (Å²) in [5.74, 6) is -0.400. The summed E-state index contributed by atoms with van der Waals surface area (Å²) in [4.78, 5) is 21.8. The third kappa shape index (κ3) is 2.73. The molecule has 0 amide bonds. The lowest BCUT2D eigenvalue weighted by molar-refractivity contribution is -0.385. The molecule has 92 valence electrons. The Balaban J connectivity index is 3.51. The van der Waals surface area contributed by atoms with Crippen LogP contribution in [0.15, 0.2) is 12.1 Å². The van der Waals surface area contributed by atoms with E-state index in [0.717, 1.165) is 0 Å². The second-order valence-corrected chi connectivity index (χ2v) is 3.63. The number of carbonyl (C=O) groups excluding carboxylic acids is 1. The van der Waals surface area contributed by atoms with Crippen LogP contribution in [0.3, 0.4) is 0 Å². The van der Waals surface area contributed by atoms with E-state index >= 15 is 0 Å². The molecule has 0 atom stereocenters. The molecule has 0 N–H and O–H groups in total. The van der Waals surface area contributed by atoms with Gasteiger partial charge in [0.2, 0.25) is 0 Å². The number of nitro groups is 1. The summed E-state index contributed by atoms with van der Waals surface area (Å²) in [6.07, 6.45) is 0. The predicted octanol–water partition coefficient (Wildman–Crippen LogP) is 2.28. The molecule has 0 spiro atoms. The van der Waals surface area contributed by atoms with Crippen molar-refractivity contribution in [3.63, 3.8) is 0 Å². The van der Waals surface area contributed by atoms with Crippen LogP contribution in [0.4, 0.5) is 5.69 Å². The van der Waals surface area contributed by atoms with Crippen LogP contribution in [0.2, 0.25) is 0 Å². The van der Waals surface area contributed by atoms with Gasteiger partial charge >= 0.3 is 5.97 Å². The number of nitrogens with zero attached hydrogens (tertiary/aromatic N) is 1. The fraction of sp³-hybridized carbons (Fsp3) is 0.300. The number of hydrogen-bond acceptors (Lipinski definition) is 5. The van der Waals surface area contributed by atoms with Crippen molar-refractivity contribution < 1.29 is 19.2 Å². The molecule has 6 nitrogen and oxygen atoms in total. The fourth-order valence-corrected chi connectivity index (χ4v) is 1.79. The standard InChI is InChI=1S/C10H10BrNO5/c1-16-7-3-6(5-11)9(12(14)15)8(4-7)10(13)17-2/h3-4H,5H2,1-2H3. The second kappa shape index (κ2) is 5.62. The molecule has 0 radical (unpaired) electrons. The number of hydrogen-bond donors (Lipinski definition) is 0. The van der Waals surface area contributed by atoms with Gasteiger partial charge in [0, 0.05) is 17.0 Å². The predicted molar refractivity (Wildman–Crippen MR) is 63.6 cm³/mol. The van der Waals surface area contributed by atoms with Gasteiger partial charge in [-0.25, -0.2) is 4.79 Å². The third-order valence-electron chi connectivity index (χ3n) is 2.13. The van der Waals surface area contributed by atoms with Crippen molar-refractivity contribution in [3.05, 3.63) is 33.4 Å². The topological polar surface area (TPSA) is 78.7 Å². The molecule has 0 heterocycles. The summed E-state index contributed by atoms with van der Waals surface area (Å²) in [7, 11) is 2.58. The summed E-state index contributed by atoms with van der Waals surface area (Å²) in [5, 5.41) is 11.2. The lowest BCUT2D eigenvalue weighted by atomic mass is 10.1. The van der Waals surface area contributed by atoms with Gasteiger partial charge in [-0.15, -0.1) is 0 Å². The van der Waals surface area contributed by atoms with E-state index in [-0.39, 0.29) is 16.6 Å². The molecule has 0 fully saturated rings. The number of methoxy groups -OCH3 is 2. The maximum atomic E-state index is 11.5. The number of alkyl halides is 1. The molecular formula is C10H10BrNO5. The molecule has 0 aliphatic carbocycles. The molecule has 0 unspecified atom stereocenters. The number of halogens is 1. The van der Waals surface area contributed by atoms with Crippen LogP contribution in [0, 0.1) is 10.1 Å². The quantitative estimate of drug-likeness (QED) is 0.369. The minimum atomic E-state index is -0.766. The van der Waals surface area contributed by atoms with E-state index in [1.54, 1.807) is 0 Å². The van der Waals surface area contributed by atoms with Crippen LogP contribution in [0.1, 0.15) is 15.9 Å². The van der Waals surface area contributed by atoms with E-state index < -0.39 is 10.9 Å². The molecule has 0 saturated heterocycles. The SMILES string of the molecule is COC(=O)c1cc(OC)cc(CBr)c1[N+](=O)[O-]. The van der Waals surface area contributed by atoms with Gasteiger partial charge in [0.05, 0.1) is 19.1 Å². The Morgan fingerprint density at radius 3 is 2.53 bits per heavy atom. The van der Waals surface area contributed by atoms with Gasteiger partial charge in [0.25, 0.3) is 5.69 Å². The average molecular weight is 304 g/mol. The van der Waals surface area contributed by atoms with Gasteiger partial charge in [0.15, 0.2) is 0 Å². The van der Waals surface area contributed by atoms with Gasteiger partial charge in [-0.1, -0.05) is 15.9 Å². The molecule has 0 bridgehead atoms. The number of benzene rings is 1. The van der Waals surface area contributed by atoms with Crippen LogP contribution in [-0.2, 0) is 10.1 Å². The minimum Gasteiger partial charge on any atom is -0.497 e. The molecule has 0 aromatic heterocycles. The van der Waals surface area contributed by atoms with Gasteiger partial charge in [-0.2, -0.15) is 0 Å². The van der Waals surface area contributed by atoms with Gasteiger partial charge in [0.1, 0.15) is 11.3 Å². The highest BCUT2D eigenvalue weighted by Crippen LogP contribution is 2.31. The van der Waals surface area contributed by atoms with E-state index in [9.17, 15) is 14.9 Å². The van der Waals surface area contributed by atoms with Gasteiger partial charge < -0.3 is 9.47 Å². The number of esters is 1. The number of ether oxygens (including phenoxy) is 2. The maximum absolute atomic E-state index is 11.5. The lowest BCUT2D eigenvalue weighted by Gasteiger charge is -2.08. The van der Waals surface area contributed by atoms with Crippen molar-refractivity contribution in [2.75, 3.05) is 14.2 Å². The molecule has 1 rings (SSSR count). The Hall–Kier alpha value is -1.63. The zero-order valence-corrected chi connectivity index (χ0v) is 10.8. The monoisotopic (exact) mass is 303 g/mol. The zero-order valence-electron chi connectivity index (χ0n) is 9.23. The van der Waals surface area contributed by atoms with Gasteiger partial charge in [-0.3, -0.25) is 10.1 Å². The second-order valence-electron chi connectivity index (χ2n) is 3.07. The first-order chi connectivity index (χ1) is 8.04. The molecule has 0 aliphatic heterocycles. The van der Waals surface area contributed by atoms with Gasteiger partial charge in [-0.05, 0) is 6.07 Å². The first-order valence-electron chi connectivity index (χ1n) is 4.54. The minimum absolute atomic E-state index is 0.119. The fourth-order valence-electron chi connectivity index (χ4n) is 1.37. The molecule has 17 heavy (non-hydrogen) atoms. The Kier molecular flexibility index (Phi) is 4.45. The summed E-state index contributed by atoms with van der Waals surface area (Å²) in [6, 6.07) is 2.79. The summed E-state index contributed by atoms with van der Waals surface area (Å²) < 4.78 is 9.49. The zero-order chi connectivity index (χ0) is 13.0. The average Bonchev–Trinajstić information content (AvgIpc) is 2.35. The summed E-state index contributed by atoms with van der Waals surface area (Å²) in [6.45, 7) is 0. The van der Waals surface area contributed by atoms with Crippen LogP contribution in [0.25, 0.3) is 0 Å². The van der Waals surface area contributed by atoms with E-state index in [4.69, 9.17) is 4.74 Å². The molecule has 0 saturated carbocycles. The smallest absolute Gasteiger partial charge is 0.345 e. The third-order valence-corrected chi connectivity index (χ3v) is 2.73. The number of carbonyl (C=O) groups is 1. The molecule has 1 aromatic rings. The molecule has 7 heteroatoms. The van der Waals surface area contributed by atoms with Crippen molar-refractivity contribution in [2.24, 2.45) is 0 Å². The van der Waals surface area contributed by atoms with E-state index in [1.807, 2.05) is 0 Å². The number of nitro benzene ring substituents is 1. The highest BCUT2D eigenvalue weighted by molar-refractivity contribution is 9.08. The Bertz CT molecular complexity index is 460. The largest absolute Gasteiger partial charge is 0.497 e. The first-order valence-corrected chi connectivity index (χ1v) is 5.66. The van der Waals surface area contributed by atoms with Crippen LogP contribution < -0.4 is 4.74 Å². The molecule has 1 aromatic carbocycles. The van der Waals surface area contributed by atoms with Crippen molar-refractivity contribution in [2.45, 2.75) is 5.33 Å². The maximum Gasteiger partial charge on any atom is 0.345 e.